The molecule has 0 spiro atoms. The molecule has 16 heavy (non-hydrogen) atoms. The molecule has 0 atom stereocenters. The maximum Gasteiger partial charge on any atom is 0.288 e. The molecule has 0 aliphatic heterocycles. The van der Waals surface area contributed by atoms with Gasteiger partial charge in [0.1, 0.15) is 6.33 Å². The van der Waals surface area contributed by atoms with Crippen molar-refractivity contribution in [2.45, 2.75) is 32.7 Å². The fourth-order valence-electron chi connectivity index (χ4n) is 1.59. The first-order chi connectivity index (χ1) is 7.74. The molecular weight excluding hydrogens is 209 g/mol. The van der Waals surface area contributed by atoms with Crippen LogP contribution in [-0.2, 0) is 0 Å². The van der Waals surface area contributed by atoms with Crippen LogP contribution in [0.2, 0.25) is 0 Å². The highest BCUT2D eigenvalue weighted by Crippen LogP contribution is 2.18. The molecule has 0 bridgehead atoms. The molecule has 0 aromatic carbocycles. The summed E-state index contributed by atoms with van der Waals surface area (Å²) >= 11 is 0. The number of H-pyrrole nitrogens is 1. The van der Waals surface area contributed by atoms with Crippen molar-refractivity contribution in [3.05, 3.63) is 12.4 Å². The Balaban J connectivity index is 2.36. The average Bonchev–Trinajstić information content (AvgIpc) is 2.67. The van der Waals surface area contributed by atoms with E-state index in [9.17, 15) is 4.39 Å². The molecule has 0 unspecified atom stereocenters. The molecule has 0 saturated heterocycles. The monoisotopic (exact) mass is 223 g/mol. The van der Waals surface area contributed by atoms with Gasteiger partial charge in [-0.15, -0.1) is 0 Å². The van der Waals surface area contributed by atoms with E-state index in [1.807, 2.05) is 0 Å². The van der Waals surface area contributed by atoms with E-state index in [0.717, 1.165) is 12.8 Å². The minimum Gasteiger partial charge on any atom is -0.365 e. The van der Waals surface area contributed by atoms with Crippen LogP contribution in [-0.4, -0.2) is 26.0 Å². The molecule has 0 fully saturated rings. The molecule has 2 heterocycles. The molecule has 5 nitrogen and oxygen atoms in total. The molecule has 0 aliphatic carbocycles. The number of rotatable bonds is 4. The lowest BCUT2D eigenvalue weighted by atomic mass is 10.2. The smallest absolute Gasteiger partial charge is 0.288 e. The molecule has 2 aromatic rings. The highest BCUT2D eigenvalue weighted by molar-refractivity contribution is 5.82. The summed E-state index contributed by atoms with van der Waals surface area (Å²) in [6.07, 6.45) is 2.72. The molecule has 6 heteroatoms. The Kier molecular flexibility index (Phi) is 2.98. The van der Waals surface area contributed by atoms with Gasteiger partial charge in [-0.05, 0) is 12.8 Å². The van der Waals surface area contributed by atoms with Gasteiger partial charge in [-0.1, -0.05) is 13.8 Å². The second-order valence-electron chi connectivity index (χ2n) is 3.60. The van der Waals surface area contributed by atoms with E-state index in [4.69, 9.17) is 0 Å². The first-order valence-corrected chi connectivity index (χ1v) is 5.37. The Bertz CT molecular complexity index is 477. The number of aromatic amines is 1. The van der Waals surface area contributed by atoms with Gasteiger partial charge >= 0.3 is 0 Å². The zero-order valence-electron chi connectivity index (χ0n) is 9.29. The van der Waals surface area contributed by atoms with E-state index in [-0.39, 0.29) is 0 Å². The Labute approximate surface area is 92.5 Å². The van der Waals surface area contributed by atoms with Gasteiger partial charge in [0.25, 0.3) is 6.08 Å². The minimum atomic E-state index is -0.636. The summed E-state index contributed by atoms with van der Waals surface area (Å²) in [4.78, 5) is 14.2. The second kappa shape index (κ2) is 4.42. The molecule has 86 valence electrons. The maximum atomic E-state index is 12.9. The van der Waals surface area contributed by atoms with Gasteiger partial charge in [0, 0.05) is 6.04 Å². The largest absolute Gasteiger partial charge is 0.365 e. The topological polar surface area (TPSA) is 66.5 Å². The second-order valence-corrected chi connectivity index (χ2v) is 3.60. The first kappa shape index (κ1) is 10.8. The van der Waals surface area contributed by atoms with Crippen LogP contribution in [0.1, 0.15) is 26.7 Å². The summed E-state index contributed by atoms with van der Waals surface area (Å²) in [7, 11) is 0. The molecule has 0 saturated carbocycles. The van der Waals surface area contributed by atoms with E-state index in [1.165, 1.54) is 6.33 Å². The first-order valence-electron chi connectivity index (χ1n) is 5.37. The number of fused-ring (bicyclic) bond motifs is 1. The van der Waals surface area contributed by atoms with Gasteiger partial charge < -0.3 is 5.32 Å². The summed E-state index contributed by atoms with van der Waals surface area (Å²) in [5.41, 5.74) is 0.868. The van der Waals surface area contributed by atoms with Crippen LogP contribution in [0.5, 0.6) is 0 Å². The van der Waals surface area contributed by atoms with E-state index in [0.29, 0.717) is 23.0 Å². The molecule has 0 amide bonds. The molecule has 0 radical (unpaired) electrons. The fraction of sp³-hybridized carbons (Fsp3) is 0.500. The molecule has 2 aromatic heterocycles. The Morgan fingerprint density at radius 1 is 1.38 bits per heavy atom. The van der Waals surface area contributed by atoms with Crippen LogP contribution in [0.25, 0.3) is 11.2 Å². The van der Waals surface area contributed by atoms with E-state index in [2.05, 4.69) is 39.1 Å². The van der Waals surface area contributed by atoms with Crippen LogP contribution < -0.4 is 5.32 Å². The molecule has 2 rings (SSSR count). The molecular formula is C10H14FN5. The highest BCUT2D eigenvalue weighted by atomic mass is 19.1. The standard InChI is InChI=1S/C10H14FN5/c1-3-6(4-2)14-8-7-9(13-5-12-8)16-10(11)15-7/h5-6H,3-4H2,1-2H3,(H2,12,13,14,15,16). The number of halogens is 1. The van der Waals surface area contributed by atoms with Crippen LogP contribution in [0.15, 0.2) is 6.33 Å². The van der Waals surface area contributed by atoms with Gasteiger partial charge in [0.05, 0.1) is 0 Å². The normalized spacial score (nSPS) is 11.2. The molecule has 0 aliphatic rings. The van der Waals surface area contributed by atoms with Gasteiger partial charge in [-0.25, -0.2) is 9.97 Å². The van der Waals surface area contributed by atoms with Crippen molar-refractivity contribution in [3.8, 4) is 0 Å². The third-order valence-corrected chi connectivity index (χ3v) is 2.58. The molecule has 2 N–H and O–H groups in total. The maximum absolute atomic E-state index is 12.9. The third kappa shape index (κ3) is 1.95. The van der Waals surface area contributed by atoms with Crippen LogP contribution >= 0.6 is 0 Å². The average molecular weight is 223 g/mol. The van der Waals surface area contributed by atoms with Crippen molar-refractivity contribution < 1.29 is 4.39 Å². The summed E-state index contributed by atoms with van der Waals surface area (Å²) in [5.74, 6) is 0.582. The predicted molar refractivity (Wildman–Crippen MR) is 59.6 cm³/mol. The lowest BCUT2D eigenvalue weighted by Crippen LogP contribution is -2.18. The van der Waals surface area contributed by atoms with Crippen molar-refractivity contribution in [2.75, 3.05) is 5.32 Å². The SMILES string of the molecule is CCC(CC)Nc1ncnc2[nH]c(F)nc12. The Hall–Kier alpha value is -1.72. The van der Waals surface area contributed by atoms with Crippen molar-refractivity contribution in [2.24, 2.45) is 0 Å². The van der Waals surface area contributed by atoms with E-state index >= 15 is 0 Å². The van der Waals surface area contributed by atoms with Gasteiger partial charge in [0.2, 0.25) is 0 Å². The lowest BCUT2D eigenvalue weighted by molar-refractivity contribution is 0.556. The Morgan fingerprint density at radius 3 is 2.81 bits per heavy atom. The summed E-state index contributed by atoms with van der Waals surface area (Å²) in [6.45, 7) is 4.18. The van der Waals surface area contributed by atoms with Crippen LogP contribution in [0.3, 0.4) is 0 Å². The number of hydrogen-bond donors (Lipinski definition) is 2. The number of hydrogen-bond acceptors (Lipinski definition) is 4. The zero-order chi connectivity index (χ0) is 11.5. The van der Waals surface area contributed by atoms with Crippen molar-refractivity contribution >= 4 is 17.0 Å². The predicted octanol–water partition coefficient (Wildman–Crippen LogP) is 2.09. The summed E-state index contributed by atoms with van der Waals surface area (Å²) < 4.78 is 12.9. The van der Waals surface area contributed by atoms with E-state index < -0.39 is 6.08 Å². The fourth-order valence-corrected chi connectivity index (χ4v) is 1.59. The minimum absolute atomic E-state index is 0.317. The van der Waals surface area contributed by atoms with Gasteiger partial charge in [-0.2, -0.15) is 9.37 Å². The van der Waals surface area contributed by atoms with Crippen LogP contribution in [0.4, 0.5) is 10.2 Å². The number of nitrogens with one attached hydrogen (secondary N) is 2. The van der Waals surface area contributed by atoms with Crippen molar-refractivity contribution in [3.63, 3.8) is 0 Å². The zero-order valence-corrected chi connectivity index (χ0v) is 9.29. The van der Waals surface area contributed by atoms with Crippen molar-refractivity contribution in [1.82, 2.24) is 19.9 Å². The van der Waals surface area contributed by atoms with Crippen molar-refractivity contribution in [1.29, 1.82) is 0 Å². The number of anilines is 1. The lowest BCUT2D eigenvalue weighted by Gasteiger charge is -2.14. The van der Waals surface area contributed by atoms with Crippen LogP contribution in [0, 0.1) is 6.08 Å². The Morgan fingerprint density at radius 2 is 2.12 bits per heavy atom. The van der Waals surface area contributed by atoms with Gasteiger partial charge in [-0.3, -0.25) is 4.98 Å². The van der Waals surface area contributed by atoms with E-state index in [1.54, 1.807) is 0 Å². The third-order valence-electron chi connectivity index (χ3n) is 2.58. The number of aromatic nitrogens is 4. The number of nitrogens with zero attached hydrogens (tertiary/aromatic N) is 3. The summed E-state index contributed by atoms with van der Waals surface area (Å²) in [5, 5.41) is 3.23. The number of imidazole rings is 1. The summed E-state index contributed by atoms with van der Waals surface area (Å²) in [6, 6.07) is 0.317. The quantitative estimate of drug-likeness (QED) is 0.779. The van der Waals surface area contributed by atoms with Gasteiger partial charge in [0.15, 0.2) is 17.0 Å². The highest BCUT2D eigenvalue weighted by Gasteiger charge is 2.11.